The lowest BCUT2D eigenvalue weighted by Gasteiger charge is -2.42. The van der Waals surface area contributed by atoms with Crippen molar-refractivity contribution < 1.29 is 0 Å². The molecule has 1 saturated heterocycles. The SMILES string of the molecule is CCN1CCC[C@@H](CN(C)c2ncc(C#N)cc2Cl)[C@@H]1c1cnn(C)c1. The summed E-state index contributed by atoms with van der Waals surface area (Å²) in [6.07, 6.45) is 8.04. The molecule has 26 heavy (non-hydrogen) atoms. The van der Waals surface area contributed by atoms with Crippen LogP contribution < -0.4 is 4.90 Å². The van der Waals surface area contributed by atoms with E-state index in [1.54, 1.807) is 12.3 Å². The highest BCUT2D eigenvalue weighted by Crippen LogP contribution is 2.37. The van der Waals surface area contributed by atoms with Gasteiger partial charge in [-0.25, -0.2) is 4.98 Å². The quantitative estimate of drug-likeness (QED) is 0.806. The molecule has 0 N–H and O–H groups in total. The molecule has 2 atom stereocenters. The van der Waals surface area contributed by atoms with Crippen molar-refractivity contribution in [3.8, 4) is 6.07 Å². The summed E-state index contributed by atoms with van der Waals surface area (Å²) in [6.45, 7) is 5.21. The molecule has 1 aliphatic heterocycles. The Morgan fingerprint density at radius 1 is 1.42 bits per heavy atom. The summed E-state index contributed by atoms with van der Waals surface area (Å²) >= 11 is 6.35. The molecule has 2 aromatic heterocycles. The number of nitriles is 1. The van der Waals surface area contributed by atoms with Gasteiger partial charge in [0.05, 0.1) is 16.8 Å². The Morgan fingerprint density at radius 2 is 2.23 bits per heavy atom. The molecular formula is C19H25ClN6. The average molecular weight is 373 g/mol. The van der Waals surface area contributed by atoms with E-state index in [0.717, 1.165) is 31.9 Å². The molecule has 138 valence electrons. The first-order valence-corrected chi connectivity index (χ1v) is 9.40. The zero-order valence-corrected chi connectivity index (χ0v) is 16.3. The lowest BCUT2D eigenvalue weighted by Crippen LogP contribution is -2.43. The molecule has 3 rings (SSSR count). The molecule has 2 aromatic rings. The number of piperidine rings is 1. The van der Waals surface area contributed by atoms with E-state index < -0.39 is 0 Å². The molecular weight excluding hydrogens is 348 g/mol. The van der Waals surface area contributed by atoms with E-state index in [4.69, 9.17) is 16.9 Å². The molecule has 0 amide bonds. The predicted octanol–water partition coefficient (Wildman–Crippen LogP) is 3.25. The Kier molecular flexibility index (Phi) is 5.80. The van der Waals surface area contributed by atoms with Gasteiger partial charge >= 0.3 is 0 Å². The first-order valence-electron chi connectivity index (χ1n) is 9.02. The van der Waals surface area contributed by atoms with Crippen molar-refractivity contribution in [3.05, 3.63) is 40.8 Å². The molecule has 0 radical (unpaired) electrons. The van der Waals surface area contributed by atoms with Gasteiger partial charge < -0.3 is 4.90 Å². The third-order valence-electron chi connectivity index (χ3n) is 5.15. The maximum atomic E-state index is 9.00. The molecule has 0 aromatic carbocycles. The summed E-state index contributed by atoms with van der Waals surface area (Å²) in [4.78, 5) is 9.04. The number of hydrogen-bond acceptors (Lipinski definition) is 5. The monoisotopic (exact) mass is 372 g/mol. The fourth-order valence-electron chi connectivity index (χ4n) is 3.98. The van der Waals surface area contributed by atoms with Crippen molar-refractivity contribution in [1.29, 1.82) is 5.26 Å². The number of halogens is 1. The van der Waals surface area contributed by atoms with E-state index in [-0.39, 0.29) is 0 Å². The molecule has 1 aliphatic rings. The first-order chi connectivity index (χ1) is 12.5. The van der Waals surface area contributed by atoms with Crippen LogP contribution in [0.15, 0.2) is 24.7 Å². The van der Waals surface area contributed by atoms with Crippen LogP contribution in [0.4, 0.5) is 5.82 Å². The standard InChI is InChI=1S/C19H25ClN6/c1-4-26-7-5-6-15(18(26)16-11-23-25(3)13-16)12-24(2)19-17(20)8-14(9-21)10-22-19/h8,10-11,13,15,18H,4-7,12H2,1-3H3/t15-,18+/m0/s1. The van der Waals surface area contributed by atoms with Crippen molar-refractivity contribution in [1.82, 2.24) is 19.7 Å². The molecule has 0 bridgehead atoms. The number of pyridine rings is 1. The smallest absolute Gasteiger partial charge is 0.147 e. The van der Waals surface area contributed by atoms with Gasteiger partial charge in [0, 0.05) is 44.6 Å². The summed E-state index contributed by atoms with van der Waals surface area (Å²) in [5.74, 6) is 1.19. The van der Waals surface area contributed by atoms with Crippen LogP contribution in [0.2, 0.25) is 5.02 Å². The minimum absolute atomic E-state index is 0.349. The van der Waals surface area contributed by atoms with Gasteiger partial charge in [0.25, 0.3) is 0 Å². The third kappa shape index (κ3) is 3.84. The maximum absolute atomic E-state index is 9.00. The van der Waals surface area contributed by atoms with Crippen molar-refractivity contribution >= 4 is 17.4 Å². The molecule has 1 fully saturated rings. The normalized spacial score (nSPS) is 20.7. The third-order valence-corrected chi connectivity index (χ3v) is 5.43. The van der Waals surface area contributed by atoms with Crippen molar-refractivity contribution in [2.75, 3.05) is 31.6 Å². The minimum Gasteiger partial charge on any atom is -0.358 e. The predicted molar refractivity (Wildman–Crippen MR) is 103 cm³/mol. The van der Waals surface area contributed by atoms with Crippen LogP contribution in [0.5, 0.6) is 0 Å². The molecule has 0 saturated carbocycles. The van der Waals surface area contributed by atoms with Gasteiger partial charge in [-0.3, -0.25) is 9.58 Å². The van der Waals surface area contributed by atoms with Crippen LogP contribution in [0.25, 0.3) is 0 Å². The average Bonchev–Trinajstić information content (AvgIpc) is 3.07. The number of nitrogens with zero attached hydrogens (tertiary/aromatic N) is 6. The van der Waals surface area contributed by atoms with E-state index >= 15 is 0 Å². The summed E-state index contributed by atoms with van der Waals surface area (Å²) in [7, 11) is 3.98. The van der Waals surface area contributed by atoms with Gasteiger partial charge in [-0.1, -0.05) is 18.5 Å². The Hall–Kier alpha value is -2.10. The van der Waals surface area contributed by atoms with E-state index in [0.29, 0.717) is 22.5 Å². The number of aryl methyl sites for hydroxylation is 1. The molecule has 6 nitrogen and oxygen atoms in total. The van der Waals surface area contributed by atoms with Gasteiger partial charge in [0.2, 0.25) is 0 Å². The fourth-order valence-corrected chi connectivity index (χ4v) is 4.30. The van der Waals surface area contributed by atoms with Crippen molar-refractivity contribution in [2.24, 2.45) is 13.0 Å². The Bertz CT molecular complexity index is 796. The van der Waals surface area contributed by atoms with E-state index in [9.17, 15) is 0 Å². The minimum atomic E-state index is 0.349. The number of hydrogen-bond donors (Lipinski definition) is 0. The summed E-state index contributed by atoms with van der Waals surface area (Å²) < 4.78 is 1.87. The highest BCUT2D eigenvalue weighted by atomic mass is 35.5. The lowest BCUT2D eigenvalue weighted by atomic mass is 9.85. The van der Waals surface area contributed by atoms with Gasteiger partial charge in [-0.05, 0) is 37.9 Å². The lowest BCUT2D eigenvalue weighted by molar-refractivity contribution is 0.101. The van der Waals surface area contributed by atoms with Crippen LogP contribution in [-0.4, -0.2) is 46.3 Å². The van der Waals surface area contributed by atoms with E-state index in [2.05, 4.69) is 39.1 Å². The Labute approximate surface area is 160 Å². The number of aromatic nitrogens is 3. The highest BCUT2D eigenvalue weighted by Gasteiger charge is 2.33. The van der Waals surface area contributed by atoms with E-state index in [1.807, 2.05) is 25.0 Å². The number of rotatable bonds is 5. The molecule has 0 unspecified atom stereocenters. The van der Waals surface area contributed by atoms with Crippen LogP contribution in [0, 0.1) is 17.2 Å². The highest BCUT2D eigenvalue weighted by molar-refractivity contribution is 6.33. The summed E-state index contributed by atoms with van der Waals surface area (Å²) in [6, 6.07) is 4.11. The second-order valence-corrected chi connectivity index (χ2v) is 7.35. The fraction of sp³-hybridized carbons (Fsp3) is 0.526. The molecule has 7 heteroatoms. The second kappa shape index (κ2) is 8.07. The van der Waals surface area contributed by atoms with Gasteiger partial charge in [0.1, 0.15) is 11.9 Å². The number of likely N-dealkylation sites (tertiary alicyclic amines) is 1. The van der Waals surface area contributed by atoms with Crippen molar-refractivity contribution in [3.63, 3.8) is 0 Å². The molecule has 3 heterocycles. The molecule has 0 spiro atoms. The Morgan fingerprint density at radius 3 is 2.85 bits per heavy atom. The summed E-state index contributed by atoms with van der Waals surface area (Å²) in [5.41, 5.74) is 1.75. The van der Waals surface area contributed by atoms with Crippen LogP contribution >= 0.6 is 11.6 Å². The van der Waals surface area contributed by atoms with Gasteiger partial charge in [-0.2, -0.15) is 10.4 Å². The zero-order chi connectivity index (χ0) is 18.7. The first kappa shape index (κ1) is 18.7. The van der Waals surface area contributed by atoms with E-state index in [1.165, 1.54) is 12.0 Å². The van der Waals surface area contributed by atoms with Crippen LogP contribution in [0.3, 0.4) is 0 Å². The maximum Gasteiger partial charge on any atom is 0.147 e. The number of anilines is 1. The van der Waals surface area contributed by atoms with Gasteiger partial charge in [-0.15, -0.1) is 0 Å². The largest absolute Gasteiger partial charge is 0.358 e. The Balaban J connectivity index is 1.83. The zero-order valence-electron chi connectivity index (χ0n) is 15.6. The topological polar surface area (TPSA) is 61.0 Å². The van der Waals surface area contributed by atoms with Crippen molar-refractivity contribution in [2.45, 2.75) is 25.8 Å². The second-order valence-electron chi connectivity index (χ2n) is 6.94. The summed E-state index contributed by atoms with van der Waals surface area (Å²) in [5, 5.41) is 13.9. The molecule has 0 aliphatic carbocycles. The van der Waals surface area contributed by atoms with Crippen LogP contribution in [-0.2, 0) is 7.05 Å². The van der Waals surface area contributed by atoms with Crippen LogP contribution in [0.1, 0.15) is 36.9 Å². The van der Waals surface area contributed by atoms with Gasteiger partial charge in [0.15, 0.2) is 0 Å².